The topological polar surface area (TPSA) is 96.2 Å². The highest BCUT2D eigenvalue weighted by Crippen LogP contribution is 2.34. The van der Waals surface area contributed by atoms with E-state index in [0.717, 1.165) is 5.69 Å². The molecule has 0 aliphatic carbocycles. The Labute approximate surface area is 206 Å². The van der Waals surface area contributed by atoms with E-state index >= 15 is 0 Å². The van der Waals surface area contributed by atoms with Crippen LogP contribution in [0.2, 0.25) is 5.02 Å². The van der Waals surface area contributed by atoms with E-state index in [-0.39, 0.29) is 42.3 Å². The summed E-state index contributed by atoms with van der Waals surface area (Å²) < 4.78 is 11.0. The molecule has 2 aliphatic rings. The van der Waals surface area contributed by atoms with E-state index < -0.39 is 0 Å². The molecule has 0 unspecified atom stereocenters. The summed E-state index contributed by atoms with van der Waals surface area (Å²) in [5.41, 5.74) is 2.15. The highest BCUT2D eigenvalue weighted by atomic mass is 35.5. The predicted octanol–water partition coefficient (Wildman–Crippen LogP) is 3.42. The van der Waals surface area contributed by atoms with E-state index in [0.29, 0.717) is 48.2 Å². The largest absolute Gasteiger partial charge is 0.482 e. The molecule has 3 aromatic rings. The van der Waals surface area contributed by atoms with Gasteiger partial charge in [-0.3, -0.25) is 19.3 Å². The number of ketones is 1. The smallest absolute Gasteiger partial charge is 0.275 e. The molecule has 180 valence electrons. The first kappa shape index (κ1) is 22.9. The van der Waals surface area contributed by atoms with Gasteiger partial charge >= 0.3 is 0 Å². The molecular weight excluding hydrogens is 472 g/mol. The number of nitrogens with zero attached hydrogens (tertiary/aromatic N) is 4. The number of hydrogen-bond acceptors (Lipinski definition) is 7. The first-order chi connectivity index (χ1) is 16.9. The second-order valence-corrected chi connectivity index (χ2v) is 8.83. The molecule has 0 radical (unpaired) electrons. The molecule has 0 N–H and O–H groups in total. The van der Waals surface area contributed by atoms with Gasteiger partial charge in [-0.2, -0.15) is 0 Å². The molecule has 5 rings (SSSR count). The third-order valence-corrected chi connectivity index (χ3v) is 6.35. The number of halogens is 1. The van der Waals surface area contributed by atoms with E-state index in [2.05, 4.69) is 9.88 Å². The molecule has 3 heterocycles. The van der Waals surface area contributed by atoms with Crippen LogP contribution in [0.15, 0.2) is 53.1 Å². The van der Waals surface area contributed by atoms with E-state index in [4.69, 9.17) is 20.8 Å². The molecule has 0 saturated carbocycles. The Hall–Kier alpha value is -3.85. The number of carbonyl (C=O) groups excluding carboxylic acids is 3. The molecule has 10 heteroatoms. The Kier molecular flexibility index (Phi) is 6.17. The predicted molar refractivity (Wildman–Crippen MR) is 129 cm³/mol. The van der Waals surface area contributed by atoms with Crippen molar-refractivity contribution in [1.82, 2.24) is 9.88 Å². The summed E-state index contributed by atoms with van der Waals surface area (Å²) in [4.78, 5) is 47.1. The van der Waals surface area contributed by atoms with Crippen molar-refractivity contribution in [2.75, 3.05) is 42.6 Å². The third kappa shape index (κ3) is 4.72. The van der Waals surface area contributed by atoms with Gasteiger partial charge in [-0.15, -0.1) is 0 Å². The van der Waals surface area contributed by atoms with Crippen LogP contribution in [0.5, 0.6) is 5.75 Å². The highest BCUT2D eigenvalue weighted by molar-refractivity contribution is 6.30. The average molecular weight is 495 g/mol. The molecule has 35 heavy (non-hydrogen) atoms. The minimum Gasteiger partial charge on any atom is -0.482 e. The van der Waals surface area contributed by atoms with Gasteiger partial charge in [0.15, 0.2) is 18.1 Å². The number of Topliss-reactive ketones (excluding diaryl/α,β-unsaturated/α-hetero) is 1. The van der Waals surface area contributed by atoms with Crippen molar-refractivity contribution in [1.29, 1.82) is 0 Å². The SMILES string of the molecule is CC(=O)c1ccc2c(c1)N(Cc1nc(C(=O)N3CCN(c4cccc(Cl)c4)CC3)co1)C(=O)CO2. The summed E-state index contributed by atoms with van der Waals surface area (Å²) in [5.74, 6) is 0.0836. The van der Waals surface area contributed by atoms with Gasteiger partial charge in [0, 0.05) is 42.5 Å². The van der Waals surface area contributed by atoms with E-state index in [1.165, 1.54) is 18.1 Å². The van der Waals surface area contributed by atoms with Gasteiger partial charge in [0.2, 0.25) is 5.89 Å². The molecule has 0 bridgehead atoms. The summed E-state index contributed by atoms with van der Waals surface area (Å²) in [6, 6.07) is 12.6. The fourth-order valence-corrected chi connectivity index (χ4v) is 4.40. The third-order valence-electron chi connectivity index (χ3n) is 6.11. The van der Waals surface area contributed by atoms with Crippen LogP contribution in [0.4, 0.5) is 11.4 Å². The van der Waals surface area contributed by atoms with Crippen molar-refractivity contribution in [3.63, 3.8) is 0 Å². The lowest BCUT2D eigenvalue weighted by Crippen LogP contribution is -2.48. The number of carbonyl (C=O) groups is 3. The van der Waals surface area contributed by atoms with Crippen LogP contribution in [0, 0.1) is 0 Å². The lowest BCUT2D eigenvalue weighted by molar-refractivity contribution is -0.121. The maximum Gasteiger partial charge on any atom is 0.275 e. The van der Waals surface area contributed by atoms with Crippen LogP contribution in [0.1, 0.15) is 33.7 Å². The quantitative estimate of drug-likeness (QED) is 0.501. The van der Waals surface area contributed by atoms with Crippen molar-refractivity contribution in [2.24, 2.45) is 0 Å². The monoisotopic (exact) mass is 494 g/mol. The minimum absolute atomic E-state index is 0.0202. The molecular formula is C25H23ClN4O5. The van der Waals surface area contributed by atoms with Crippen molar-refractivity contribution >= 4 is 40.6 Å². The number of ether oxygens (including phenoxy) is 1. The second kappa shape index (κ2) is 9.42. The highest BCUT2D eigenvalue weighted by Gasteiger charge is 2.29. The van der Waals surface area contributed by atoms with Gasteiger partial charge in [0.05, 0.1) is 5.69 Å². The summed E-state index contributed by atoms with van der Waals surface area (Å²) in [6.07, 6.45) is 1.32. The summed E-state index contributed by atoms with van der Waals surface area (Å²) in [6.45, 7) is 3.77. The van der Waals surface area contributed by atoms with Gasteiger partial charge in [0.1, 0.15) is 18.6 Å². The maximum absolute atomic E-state index is 13.0. The number of benzene rings is 2. The van der Waals surface area contributed by atoms with E-state index in [1.807, 2.05) is 24.3 Å². The molecule has 1 fully saturated rings. The number of fused-ring (bicyclic) bond motifs is 1. The molecule has 2 aromatic carbocycles. The Morgan fingerprint density at radius 2 is 1.89 bits per heavy atom. The molecule has 1 aromatic heterocycles. The molecule has 2 amide bonds. The van der Waals surface area contributed by atoms with Gasteiger partial charge in [-0.25, -0.2) is 4.98 Å². The van der Waals surface area contributed by atoms with Crippen molar-refractivity contribution < 1.29 is 23.5 Å². The Balaban J connectivity index is 1.26. The molecule has 0 atom stereocenters. The van der Waals surface area contributed by atoms with Crippen LogP contribution in [0.3, 0.4) is 0 Å². The van der Waals surface area contributed by atoms with Crippen LogP contribution >= 0.6 is 11.6 Å². The van der Waals surface area contributed by atoms with E-state index in [1.54, 1.807) is 23.1 Å². The standard InChI is InChI=1S/C25H23ClN4O5/c1-16(31)17-5-6-22-21(11-17)30(24(32)15-34-22)13-23-27-20(14-35-23)25(33)29-9-7-28(8-10-29)19-4-2-3-18(26)12-19/h2-6,11-12,14H,7-10,13,15H2,1H3. The Morgan fingerprint density at radius 3 is 2.63 bits per heavy atom. The van der Waals surface area contributed by atoms with Gasteiger partial charge in [0.25, 0.3) is 11.8 Å². The molecule has 9 nitrogen and oxygen atoms in total. The number of rotatable bonds is 5. The Bertz CT molecular complexity index is 1300. The number of hydrogen-bond donors (Lipinski definition) is 0. The maximum atomic E-state index is 13.0. The lowest BCUT2D eigenvalue weighted by atomic mass is 10.1. The second-order valence-electron chi connectivity index (χ2n) is 8.39. The molecule has 0 spiro atoms. The number of anilines is 2. The first-order valence-corrected chi connectivity index (χ1v) is 11.6. The number of oxazole rings is 1. The molecule has 1 saturated heterocycles. The zero-order chi connectivity index (χ0) is 24.5. The summed E-state index contributed by atoms with van der Waals surface area (Å²) in [7, 11) is 0. The van der Waals surface area contributed by atoms with Crippen LogP contribution in [0.25, 0.3) is 0 Å². The fraction of sp³-hybridized carbons (Fsp3) is 0.280. The van der Waals surface area contributed by atoms with Crippen molar-refractivity contribution in [3.05, 3.63) is 70.9 Å². The van der Waals surface area contributed by atoms with E-state index in [9.17, 15) is 14.4 Å². The normalized spacial score (nSPS) is 15.6. The summed E-state index contributed by atoms with van der Waals surface area (Å²) in [5, 5.41) is 0.676. The number of piperazine rings is 1. The van der Waals surface area contributed by atoms with Crippen molar-refractivity contribution in [2.45, 2.75) is 13.5 Å². The fourth-order valence-electron chi connectivity index (χ4n) is 4.21. The van der Waals surface area contributed by atoms with Crippen LogP contribution in [-0.2, 0) is 11.3 Å². The van der Waals surface area contributed by atoms with Crippen molar-refractivity contribution in [3.8, 4) is 5.75 Å². The average Bonchev–Trinajstić information content (AvgIpc) is 3.34. The van der Waals surface area contributed by atoms with Gasteiger partial charge in [-0.1, -0.05) is 17.7 Å². The van der Waals surface area contributed by atoms with Gasteiger partial charge in [-0.05, 0) is 43.3 Å². The van der Waals surface area contributed by atoms with Gasteiger partial charge < -0.3 is 19.0 Å². The zero-order valence-electron chi connectivity index (χ0n) is 19.1. The molecule has 2 aliphatic heterocycles. The number of amides is 2. The van der Waals surface area contributed by atoms with Crippen LogP contribution < -0.4 is 14.5 Å². The number of aromatic nitrogens is 1. The minimum atomic E-state index is -0.290. The summed E-state index contributed by atoms with van der Waals surface area (Å²) >= 11 is 6.10. The first-order valence-electron chi connectivity index (χ1n) is 11.2. The lowest BCUT2D eigenvalue weighted by Gasteiger charge is -2.35. The van der Waals surface area contributed by atoms with Crippen LogP contribution in [-0.4, -0.2) is 60.3 Å². The zero-order valence-corrected chi connectivity index (χ0v) is 19.8. The Morgan fingerprint density at radius 1 is 1.09 bits per heavy atom.